The molecule has 0 saturated carbocycles. The van der Waals surface area contributed by atoms with Crippen LogP contribution in [0.5, 0.6) is 0 Å². The van der Waals surface area contributed by atoms with Gasteiger partial charge in [0.2, 0.25) is 0 Å². The second-order valence-electron chi connectivity index (χ2n) is 5.14. The molecule has 96 valence electrons. The van der Waals surface area contributed by atoms with Crippen molar-refractivity contribution in [2.45, 2.75) is 53.4 Å². The van der Waals surface area contributed by atoms with Crippen molar-refractivity contribution in [2.24, 2.45) is 11.1 Å². The average molecular weight is 244 g/mol. The lowest BCUT2D eigenvalue weighted by Gasteiger charge is -2.25. The van der Waals surface area contributed by atoms with Crippen LogP contribution in [0.15, 0.2) is 0 Å². The second kappa shape index (κ2) is 8.02. The van der Waals surface area contributed by atoms with Crippen LogP contribution in [-0.2, 0) is 0 Å². The van der Waals surface area contributed by atoms with E-state index < -0.39 is 0 Å². The first-order valence-corrected chi connectivity index (χ1v) is 6.87. The summed E-state index contributed by atoms with van der Waals surface area (Å²) in [7, 11) is 0. The molecule has 0 aromatic carbocycles. The van der Waals surface area contributed by atoms with Gasteiger partial charge in [0.25, 0.3) is 0 Å². The van der Waals surface area contributed by atoms with Gasteiger partial charge in [-0.05, 0) is 38.9 Å². The topological polar surface area (TPSA) is 29.3 Å². The van der Waals surface area contributed by atoms with Crippen LogP contribution in [0.1, 0.15) is 53.4 Å². The molecule has 0 aliphatic carbocycles. The van der Waals surface area contributed by atoms with Crippen LogP contribution in [0.25, 0.3) is 0 Å². The van der Waals surface area contributed by atoms with E-state index in [4.69, 9.17) is 18.0 Å². The molecule has 0 atom stereocenters. The maximum Gasteiger partial charge on any atom is 0.0784 e. The molecular formula is C13H28N2S. The zero-order chi connectivity index (χ0) is 12.6. The van der Waals surface area contributed by atoms with Gasteiger partial charge in [-0.1, -0.05) is 46.3 Å². The molecule has 0 aliphatic heterocycles. The molecule has 0 spiro atoms. The monoisotopic (exact) mass is 244 g/mol. The first-order chi connectivity index (χ1) is 7.44. The Morgan fingerprint density at radius 2 is 1.75 bits per heavy atom. The van der Waals surface area contributed by atoms with Crippen LogP contribution in [0, 0.1) is 5.41 Å². The van der Waals surface area contributed by atoms with Crippen LogP contribution in [0.4, 0.5) is 0 Å². The van der Waals surface area contributed by atoms with Crippen LogP contribution < -0.4 is 5.73 Å². The SMILES string of the molecule is CCCCN(CC)CCCC(C)(C)C(N)=S. The molecule has 2 N–H and O–H groups in total. The summed E-state index contributed by atoms with van der Waals surface area (Å²) >= 11 is 5.07. The fraction of sp³-hybridized carbons (Fsp3) is 0.923. The molecule has 3 heteroatoms. The second-order valence-corrected chi connectivity index (χ2v) is 5.58. The molecule has 0 aromatic rings. The number of thiocarbonyl (C=S) groups is 1. The predicted octanol–water partition coefficient (Wildman–Crippen LogP) is 3.20. The zero-order valence-corrected chi connectivity index (χ0v) is 12.2. The molecule has 0 radical (unpaired) electrons. The number of nitrogens with two attached hydrogens (primary N) is 1. The molecule has 0 rings (SSSR count). The molecule has 0 amide bonds. The van der Waals surface area contributed by atoms with Gasteiger partial charge in [0.1, 0.15) is 0 Å². The van der Waals surface area contributed by atoms with E-state index in [-0.39, 0.29) is 5.41 Å². The third-order valence-electron chi connectivity index (χ3n) is 3.22. The highest BCUT2D eigenvalue weighted by molar-refractivity contribution is 7.80. The van der Waals surface area contributed by atoms with E-state index >= 15 is 0 Å². The lowest BCUT2D eigenvalue weighted by molar-refractivity contribution is 0.266. The van der Waals surface area contributed by atoms with Crippen molar-refractivity contribution in [1.29, 1.82) is 0 Å². The fourth-order valence-corrected chi connectivity index (χ4v) is 1.78. The Balaban J connectivity index is 3.81. The van der Waals surface area contributed by atoms with Crippen LogP contribution in [-0.4, -0.2) is 29.5 Å². The molecule has 2 nitrogen and oxygen atoms in total. The fourth-order valence-electron chi connectivity index (χ4n) is 1.68. The number of nitrogens with zero attached hydrogens (tertiary/aromatic N) is 1. The lowest BCUT2D eigenvalue weighted by Crippen LogP contribution is -2.32. The van der Waals surface area contributed by atoms with Gasteiger partial charge < -0.3 is 10.6 Å². The van der Waals surface area contributed by atoms with Gasteiger partial charge in [0.05, 0.1) is 4.99 Å². The average Bonchev–Trinajstić information content (AvgIpc) is 2.22. The van der Waals surface area contributed by atoms with E-state index in [1.807, 2.05) is 0 Å². The van der Waals surface area contributed by atoms with Crippen LogP contribution in [0.3, 0.4) is 0 Å². The highest BCUT2D eigenvalue weighted by atomic mass is 32.1. The van der Waals surface area contributed by atoms with E-state index in [1.165, 1.54) is 32.4 Å². The first-order valence-electron chi connectivity index (χ1n) is 6.46. The Morgan fingerprint density at radius 1 is 1.19 bits per heavy atom. The zero-order valence-electron chi connectivity index (χ0n) is 11.4. The summed E-state index contributed by atoms with van der Waals surface area (Å²) in [5, 5.41) is 0. The Morgan fingerprint density at radius 3 is 2.19 bits per heavy atom. The Hall–Kier alpha value is -0.150. The molecule has 0 bridgehead atoms. The summed E-state index contributed by atoms with van der Waals surface area (Å²) in [6.45, 7) is 12.3. The van der Waals surface area contributed by atoms with Gasteiger partial charge in [-0.2, -0.15) is 0 Å². The van der Waals surface area contributed by atoms with E-state index in [1.54, 1.807) is 0 Å². The molecule has 0 aliphatic rings. The molecule has 0 aromatic heterocycles. The molecule has 0 heterocycles. The molecule has 16 heavy (non-hydrogen) atoms. The minimum Gasteiger partial charge on any atom is -0.393 e. The largest absolute Gasteiger partial charge is 0.393 e. The van der Waals surface area contributed by atoms with E-state index in [2.05, 4.69) is 32.6 Å². The Kier molecular flexibility index (Phi) is 7.94. The minimum absolute atomic E-state index is 0.0134. The Bertz CT molecular complexity index is 202. The highest BCUT2D eigenvalue weighted by Crippen LogP contribution is 2.22. The maximum absolute atomic E-state index is 5.72. The summed E-state index contributed by atoms with van der Waals surface area (Å²) in [4.78, 5) is 3.16. The smallest absolute Gasteiger partial charge is 0.0784 e. The van der Waals surface area contributed by atoms with Crippen molar-refractivity contribution in [3.8, 4) is 0 Å². The number of hydrogen-bond acceptors (Lipinski definition) is 2. The van der Waals surface area contributed by atoms with Crippen molar-refractivity contribution >= 4 is 17.2 Å². The third-order valence-corrected chi connectivity index (χ3v) is 3.77. The number of rotatable bonds is 9. The summed E-state index contributed by atoms with van der Waals surface area (Å²) in [5.41, 5.74) is 5.73. The van der Waals surface area contributed by atoms with E-state index in [0.717, 1.165) is 13.0 Å². The summed E-state index contributed by atoms with van der Waals surface area (Å²) in [5.74, 6) is 0. The Labute approximate surface area is 107 Å². The summed E-state index contributed by atoms with van der Waals surface area (Å²) in [6.07, 6.45) is 4.84. The van der Waals surface area contributed by atoms with Crippen LogP contribution >= 0.6 is 12.2 Å². The van der Waals surface area contributed by atoms with Gasteiger partial charge in [-0.15, -0.1) is 0 Å². The lowest BCUT2D eigenvalue weighted by atomic mass is 9.88. The third kappa shape index (κ3) is 6.44. The summed E-state index contributed by atoms with van der Waals surface area (Å²) < 4.78 is 0. The van der Waals surface area contributed by atoms with Crippen molar-refractivity contribution in [3.05, 3.63) is 0 Å². The van der Waals surface area contributed by atoms with E-state index in [0.29, 0.717) is 4.99 Å². The number of hydrogen-bond donors (Lipinski definition) is 1. The van der Waals surface area contributed by atoms with Crippen LogP contribution in [0.2, 0.25) is 0 Å². The minimum atomic E-state index is 0.0134. The van der Waals surface area contributed by atoms with Gasteiger partial charge in [0, 0.05) is 5.41 Å². The molecule has 0 unspecified atom stereocenters. The van der Waals surface area contributed by atoms with Crippen molar-refractivity contribution in [1.82, 2.24) is 4.90 Å². The van der Waals surface area contributed by atoms with Crippen molar-refractivity contribution < 1.29 is 0 Å². The predicted molar refractivity (Wildman–Crippen MR) is 76.8 cm³/mol. The maximum atomic E-state index is 5.72. The standard InChI is InChI=1S/C13H28N2S/c1-5-7-10-15(6-2)11-8-9-13(3,4)12(14)16/h5-11H2,1-4H3,(H2,14,16). The summed E-state index contributed by atoms with van der Waals surface area (Å²) in [6, 6.07) is 0. The van der Waals surface area contributed by atoms with Gasteiger partial charge >= 0.3 is 0 Å². The molecule has 0 fully saturated rings. The van der Waals surface area contributed by atoms with Crippen molar-refractivity contribution in [2.75, 3.05) is 19.6 Å². The van der Waals surface area contributed by atoms with Gasteiger partial charge in [-0.25, -0.2) is 0 Å². The first kappa shape index (κ1) is 15.9. The van der Waals surface area contributed by atoms with Gasteiger partial charge in [-0.3, -0.25) is 0 Å². The number of unbranched alkanes of at least 4 members (excludes halogenated alkanes) is 1. The van der Waals surface area contributed by atoms with E-state index in [9.17, 15) is 0 Å². The molecular weight excluding hydrogens is 216 g/mol. The quantitative estimate of drug-likeness (QED) is 0.632. The normalized spacial score (nSPS) is 12.1. The van der Waals surface area contributed by atoms with Crippen molar-refractivity contribution in [3.63, 3.8) is 0 Å². The molecule has 0 saturated heterocycles. The van der Waals surface area contributed by atoms with Gasteiger partial charge in [0.15, 0.2) is 0 Å². The highest BCUT2D eigenvalue weighted by Gasteiger charge is 2.20.